The minimum atomic E-state index is -0.861. The zero-order chi connectivity index (χ0) is 20.6. The van der Waals surface area contributed by atoms with Gasteiger partial charge in [-0.25, -0.2) is 4.39 Å². The highest BCUT2D eigenvalue weighted by atomic mass is 32.2. The number of piperidine rings is 1. The number of hydrogen-bond acceptors (Lipinski definition) is 5. The van der Waals surface area contributed by atoms with Crippen LogP contribution in [0.15, 0.2) is 0 Å². The third-order valence-corrected chi connectivity index (χ3v) is 9.42. The number of fused-ring (bicyclic) bond motifs is 1. The van der Waals surface area contributed by atoms with Crippen LogP contribution in [0.4, 0.5) is 4.39 Å². The molecule has 2 aliphatic carbocycles. The Morgan fingerprint density at radius 3 is 2.90 bits per heavy atom. The first-order valence-corrected chi connectivity index (χ1v) is 13.3. The summed E-state index contributed by atoms with van der Waals surface area (Å²) in [5, 5.41) is 7.55. The van der Waals surface area contributed by atoms with Gasteiger partial charge in [-0.1, -0.05) is 19.3 Å². The Kier molecular flexibility index (Phi) is 6.62. The topological polar surface area (TPSA) is 53.6 Å². The monoisotopic (exact) mass is 439 g/mol. The maximum Gasteiger partial charge on any atom is 0.225 e. The second-order valence-corrected chi connectivity index (χ2v) is 11.6. The van der Waals surface area contributed by atoms with Gasteiger partial charge in [0.05, 0.1) is 23.0 Å². The molecule has 0 aromatic carbocycles. The van der Waals surface area contributed by atoms with Gasteiger partial charge in [-0.15, -0.1) is 11.8 Å². The second-order valence-electron chi connectivity index (χ2n) is 10.4. The number of halogens is 1. The molecule has 170 valence electrons. The smallest absolute Gasteiger partial charge is 0.225 e. The molecule has 0 aromatic rings. The molecular weight excluding hydrogens is 401 g/mol. The summed E-state index contributed by atoms with van der Waals surface area (Å²) in [7, 11) is 0. The number of nitrogens with zero attached hydrogens (tertiary/aromatic N) is 1. The van der Waals surface area contributed by atoms with Crippen molar-refractivity contribution in [3.05, 3.63) is 0 Å². The fraction of sp³-hybridized carbons (Fsp3) is 0.957. The number of amides is 1. The molecule has 3 heterocycles. The van der Waals surface area contributed by atoms with Crippen molar-refractivity contribution in [3.8, 4) is 0 Å². The number of thioether (sulfide) groups is 1. The van der Waals surface area contributed by atoms with Crippen molar-refractivity contribution in [3.63, 3.8) is 0 Å². The summed E-state index contributed by atoms with van der Waals surface area (Å²) in [5.74, 6) is 1.80. The van der Waals surface area contributed by atoms with Crippen LogP contribution in [0, 0.1) is 11.8 Å². The highest BCUT2D eigenvalue weighted by Gasteiger charge is 2.47. The van der Waals surface area contributed by atoms with E-state index in [1.807, 2.05) is 0 Å². The van der Waals surface area contributed by atoms with E-state index in [1.54, 1.807) is 0 Å². The lowest BCUT2D eigenvalue weighted by atomic mass is 9.84. The van der Waals surface area contributed by atoms with Crippen molar-refractivity contribution in [2.75, 3.05) is 31.9 Å². The maximum atomic E-state index is 13.9. The molecule has 1 spiro atoms. The number of carbonyl (C=O) groups excluding carboxylic acids is 1. The average molecular weight is 440 g/mol. The molecule has 5 nitrogen and oxygen atoms in total. The molecule has 0 radical (unpaired) electrons. The third kappa shape index (κ3) is 4.69. The molecule has 5 fully saturated rings. The number of carbonyl (C=O) groups is 1. The molecule has 5 aliphatic rings. The van der Waals surface area contributed by atoms with Gasteiger partial charge in [-0.2, -0.15) is 0 Å². The van der Waals surface area contributed by atoms with Gasteiger partial charge in [-0.05, 0) is 57.4 Å². The molecule has 5 rings (SSSR count). The lowest BCUT2D eigenvalue weighted by Gasteiger charge is -2.44. The Bertz CT molecular complexity index is 619. The Labute approximate surface area is 184 Å². The molecule has 3 aliphatic heterocycles. The molecule has 30 heavy (non-hydrogen) atoms. The zero-order valence-corrected chi connectivity index (χ0v) is 18.9. The molecule has 1 amide bonds. The third-order valence-electron chi connectivity index (χ3n) is 8.18. The van der Waals surface area contributed by atoms with Gasteiger partial charge < -0.3 is 15.4 Å². The van der Waals surface area contributed by atoms with Gasteiger partial charge in [-0.3, -0.25) is 9.69 Å². The van der Waals surface area contributed by atoms with Crippen LogP contribution in [-0.2, 0) is 9.53 Å². The number of alkyl halides is 1. The summed E-state index contributed by atoms with van der Waals surface area (Å²) in [5.41, 5.74) is -0.303. The SMILES string of the molecule is O=C1NC[C@]2(CCCN(CC3NC(C4CCCCC4)CS3)C2)OC2CCC(F)CC12. The first kappa shape index (κ1) is 21.5. The lowest BCUT2D eigenvalue weighted by Crippen LogP contribution is -2.57. The number of likely N-dealkylation sites (tertiary alicyclic amines) is 1. The fourth-order valence-electron chi connectivity index (χ4n) is 6.54. The van der Waals surface area contributed by atoms with Crippen LogP contribution >= 0.6 is 11.8 Å². The van der Waals surface area contributed by atoms with Crippen LogP contribution in [0.3, 0.4) is 0 Å². The first-order valence-electron chi connectivity index (χ1n) is 12.3. The molecule has 5 unspecified atom stereocenters. The van der Waals surface area contributed by atoms with Crippen LogP contribution in [-0.4, -0.2) is 72.0 Å². The number of nitrogens with one attached hydrogen (secondary N) is 2. The number of rotatable bonds is 3. The molecular formula is C23H38FN3O2S. The van der Waals surface area contributed by atoms with Crippen molar-refractivity contribution >= 4 is 17.7 Å². The molecule has 2 N–H and O–H groups in total. The van der Waals surface area contributed by atoms with Gasteiger partial charge in [0.25, 0.3) is 0 Å². The maximum absolute atomic E-state index is 13.9. The van der Waals surface area contributed by atoms with Crippen LogP contribution in [0.2, 0.25) is 0 Å². The molecule has 0 bridgehead atoms. The summed E-state index contributed by atoms with van der Waals surface area (Å²) in [6.45, 7) is 3.60. The first-order chi connectivity index (χ1) is 14.6. The molecule has 0 aromatic heterocycles. The predicted octanol–water partition coefficient (Wildman–Crippen LogP) is 3.09. The van der Waals surface area contributed by atoms with E-state index in [0.29, 0.717) is 37.2 Å². The molecule has 2 saturated carbocycles. The van der Waals surface area contributed by atoms with Gasteiger partial charge in [0, 0.05) is 31.4 Å². The van der Waals surface area contributed by atoms with Crippen molar-refractivity contribution in [1.29, 1.82) is 0 Å². The van der Waals surface area contributed by atoms with Crippen LogP contribution < -0.4 is 10.6 Å². The van der Waals surface area contributed by atoms with Crippen molar-refractivity contribution in [1.82, 2.24) is 15.5 Å². The van der Waals surface area contributed by atoms with Gasteiger partial charge in [0.2, 0.25) is 5.91 Å². The Morgan fingerprint density at radius 1 is 1.17 bits per heavy atom. The van der Waals surface area contributed by atoms with E-state index in [9.17, 15) is 9.18 Å². The van der Waals surface area contributed by atoms with Crippen LogP contribution in [0.1, 0.15) is 64.2 Å². The van der Waals surface area contributed by atoms with E-state index >= 15 is 0 Å². The normalized spacial score (nSPS) is 43.9. The summed E-state index contributed by atoms with van der Waals surface area (Å²) >= 11 is 2.09. The van der Waals surface area contributed by atoms with Crippen molar-refractivity contribution < 1.29 is 13.9 Å². The Balaban J connectivity index is 1.18. The molecule has 6 atom stereocenters. The minimum Gasteiger partial charge on any atom is -0.368 e. The van der Waals surface area contributed by atoms with Gasteiger partial charge in [0.1, 0.15) is 6.17 Å². The highest BCUT2D eigenvalue weighted by molar-refractivity contribution is 8.00. The summed E-state index contributed by atoms with van der Waals surface area (Å²) in [4.78, 5) is 15.1. The molecule has 7 heteroatoms. The lowest BCUT2D eigenvalue weighted by molar-refractivity contribution is -0.149. The largest absolute Gasteiger partial charge is 0.368 e. The Morgan fingerprint density at radius 2 is 2.03 bits per heavy atom. The van der Waals surface area contributed by atoms with E-state index in [-0.39, 0.29) is 23.5 Å². The van der Waals surface area contributed by atoms with Crippen molar-refractivity contribution in [2.45, 2.75) is 93.5 Å². The summed E-state index contributed by atoms with van der Waals surface area (Å²) in [6.07, 6.45) is 9.65. The van der Waals surface area contributed by atoms with Gasteiger partial charge >= 0.3 is 0 Å². The van der Waals surface area contributed by atoms with E-state index in [1.165, 1.54) is 37.9 Å². The van der Waals surface area contributed by atoms with E-state index in [4.69, 9.17) is 4.74 Å². The second kappa shape index (κ2) is 9.24. The van der Waals surface area contributed by atoms with Crippen LogP contribution in [0.5, 0.6) is 0 Å². The standard InChI is InChI=1S/C23H38FN3O2S/c24-17-7-8-20-18(11-17)22(28)25-14-23(29-20)9-4-10-27(15-23)12-21-26-19(13-30-21)16-5-2-1-3-6-16/h16-21,26H,1-15H2,(H,25,28)/t17?,18?,19?,20?,21?,23-/m0/s1. The quantitative estimate of drug-likeness (QED) is 0.708. The van der Waals surface area contributed by atoms with Crippen molar-refractivity contribution in [2.24, 2.45) is 11.8 Å². The zero-order valence-electron chi connectivity index (χ0n) is 18.1. The molecule has 3 saturated heterocycles. The fourth-order valence-corrected chi connectivity index (χ4v) is 7.94. The van der Waals surface area contributed by atoms with Gasteiger partial charge in [0.15, 0.2) is 0 Å². The Hall–Kier alpha value is -0.370. The summed E-state index contributed by atoms with van der Waals surface area (Å²) < 4.78 is 20.6. The summed E-state index contributed by atoms with van der Waals surface area (Å²) in [6, 6.07) is 0.684. The predicted molar refractivity (Wildman–Crippen MR) is 118 cm³/mol. The number of ether oxygens (including phenoxy) is 1. The van der Waals surface area contributed by atoms with E-state index in [2.05, 4.69) is 27.3 Å². The van der Waals surface area contributed by atoms with E-state index in [0.717, 1.165) is 38.4 Å². The average Bonchev–Trinajstić information content (AvgIpc) is 3.18. The van der Waals surface area contributed by atoms with E-state index < -0.39 is 6.17 Å². The number of hydrogen-bond donors (Lipinski definition) is 2. The minimum absolute atomic E-state index is 0.000289. The van der Waals surface area contributed by atoms with Crippen LogP contribution in [0.25, 0.3) is 0 Å². The highest BCUT2D eigenvalue weighted by Crippen LogP contribution is 2.38.